The van der Waals surface area contributed by atoms with Crippen molar-refractivity contribution in [1.82, 2.24) is 19.4 Å². The van der Waals surface area contributed by atoms with Crippen LogP contribution in [0.5, 0.6) is 0 Å². The van der Waals surface area contributed by atoms with Crippen molar-refractivity contribution in [2.24, 2.45) is 0 Å². The number of nitrogens with zero attached hydrogens (tertiary/aromatic N) is 4. The minimum atomic E-state index is 0.204. The van der Waals surface area contributed by atoms with Gasteiger partial charge in [-0.3, -0.25) is 4.79 Å². The first kappa shape index (κ1) is 17.9. The van der Waals surface area contributed by atoms with Gasteiger partial charge in [-0.1, -0.05) is 30.3 Å². The van der Waals surface area contributed by atoms with Gasteiger partial charge in [-0.05, 0) is 25.7 Å². The number of hydrogen-bond acceptors (Lipinski definition) is 4. The molecule has 1 atom stereocenters. The predicted molar refractivity (Wildman–Crippen MR) is 107 cm³/mol. The molecule has 27 heavy (non-hydrogen) atoms. The zero-order valence-corrected chi connectivity index (χ0v) is 16.1. The minimum absolute atomic E-state index is 0.204. The number of carbonyl (C=O) groups excluding carboxylic acids is 1. The van der Waals surface area contributed by atoms with Crippen molar-refractivity contribution in [2.45, 2.75) is 44.7 Å². The lowest BCUT2D eigenvalue weighted by Crippen LogP contribution is -2.44. The fourth-order valence-corrected chi connectivity index (χ4v) is 4.53. The van der Waals surface area contributed by atoms with Crippen molar-refractivity contribution in [2.75, 3.05) is 6.54 Å². The molecule has 5 nitrogen and oxygen atoms in total. The molecule has 1 fully saturated rings. The number of piperidine rings is 1. The molecule has 0 aliphatic carbocycles. The summed E-state index contributed by atoms with van der Waals surface area (Å²) in [6, 6.07) is 10.5. The molecule has 1 amide bonds. The number of aromatic nitrogens is 3. The highest BCUT2D eigenvalue weighted by molar-refractivity contribution is 7.13. The number of amides is 1. The summed E-state index contributed by atoms with van der Waals surface area (Å²) in [5.41, 5.74) is 1.99. The molecule has 0 N–H and O–H groups in total. The van der Waals surface area contributed by atoms with Gasteiger partial charge in [0.25, 0.3) is 0 Å². The maximum Gasteiger partial charge on any atom is 0.228 e. The van der Waals surface area contributed by atoms with Crippen LogP contribution >= 0.6 is 11.3 Å². The van der Waals surface area contributed by atoms with Crippen molar-refractivity contribution in [3.63, 3.8) is 0 Å². The fraction of sp³-hybridized carbons (Fsp3) is 0.381. The third-order valence-electron chi connectivity index (χ3n) is 5.13. The Kier molecular flexibility index (Phi) is 5.63. The van der Waals surface area contributed by atoms with Crippen LogP contribution in [0.15, 0.2) is 54.4 Å². The summed E-state index contributed by atoms with van der Waals surface area (Å²) in [7, 11) is 0. The molecule has 0 saturated carbocycles. The van der Waals surface area contributed by atoms with E-state index in [1.165, 1.54) is 6.42 Å². The van der Waals surface area contributed by atoms with Gasteiger partial charge in [-0.2, -0.15) is 0 Å². The average molecular weight is 381 g/mol. The highest BCUT2D eigenvalue weighted by Gasteiger charge is 2.26. The van der Waals surface area contributed by atoms with Crippen molar-refractivity contribution >= 4 is 17.2 Å². The Hall–Kier alpha value is -2.47. The quantitative estimate of drug-likeness (QED) is 0.649. The summed E-state index contributed by atoms with van der Waals surface area (Å²) in [5, 5.41) is 3.00. The summed E-state index contributed by atoms with van der Waals surface area (Å²) < 4.78 is 2.09. The highest BCUT2D eigenvalue weighted by Crippen LogP contribution is 2.25. The lowest BCUT2D eigenvalue weighted by atomic mass is 9.98. The number of aryl methyl sites for hydroxylation is 1. The zero-order chi connectivity index (χ0) is 18.5. The summed E-state index contributed by atoms with van der Waals surface area (Å²) in [6.07, 6.45) is 10.4. The molecule has 1 unspecified atom stereocenters. The second-order valence-electron chi connectivity index (χ2n) is 7.01. The van der Waals surface area contributed by atoms with E-state index in [2.05, 4.69) is 31.6 Å². The molecule has 1 aromatic carbocycles. The zero-order valence-electron chi connectivity index (χ0n) is 15.3. The first-order valence-electron chi connectivity index (χ1n) is 9.54. The molecule has 4 rings (SSSR count). The minimum Gasteiger partial charge on any atom is -0.339 e. The van der Waals surface area contributed by atoms with Crippen molar-refractivity contribution in [3.05, 3.63) is 60.1 Å². The summed E-state index contributed by atoms with van der Waals surface area (Å²) >= 11 is 1.61. The normalized spacial score (nSPS) is 17.2. The van der Waals surface area contributed by atoms with E-state index in [0.717, 1.165) is 48.6 Å². The Balaban J connectivity index is 1.39. The van der Waals surface area contributed by atoms with E-state index < -0.39 is 0 Å². The van der Waals surface area contributed by atoms with Gasteiger partial charge in [-0.25, -0.2) is 9.97 Å². The van der Waals surface area contributed by atoms with Crippen LogP contribution in [0, 0.1) is 0 Å². The summed E-state index contributed by atoms with van der Waals surface area (Å²) in [4.78, 5) is 23.8. The van der Waals surface area contributed by atoms with Crippen molar-refractivity contribution in [1.29, 1.82) is 0 Å². The van der Waals surface area contributed by atoms with Gasteiger partial charge >= 0.3 is 0 Å². The monoisotopic (exact) mass is 380 g/mol. The van der Waals surface area contributed by atoms with Gasteiger partial charge in [-0.15, -0.1) is 11.3 Å². The molecule has 0 radical (unpaired) electrons. The van der Waals surface area contributed by atoms with E-state index >= 15 is 0 Å². The number of likely N-dealkylation sites (tertiary alicyclic amines) is 1. The SMILES string of the molecule is O=C(Cc1csc(-c2ccccc2)n1)N1CCCCC1CCn1ccnc1. The first-order chi connectivity index (χ1) is 13.3. The highest BCUT2D eigenvalue weighted by atomic mass is 32.1. The van der Waals surface area contributed by atoms with Gasteiger partial charge < -0.3 is 9.47 Å². The largest absolute Gasteiger partial charge is 0.339 e. The Bertz CT molecular complexity index is 859. The molecule has 0 spiro atoms. The van der Waals surface area contributed by atoms with Crippen LogP contribution in [0.25, 0.3) is 10.6 Å². The third kappa shape index (κ3) is 4.45. The molecule has 6 heteroatoms. The van der Waals surface area contributed by atoms with E-state index in [1.54, 1.807) is 17.5 Å². The maximum atomic E-state index is 13.0. The van der Waals surface area contributed by atoms with Crippen LogP contribution in [-0.4, -0.2) is 37.9 Å². The van der Waals surface area contributed by atoms with Gasteiger partial charge in [0.2, 0.25) is 5.91 Å². The van der Waals surface area contributed by atoms with E-state index in [0.29, 0.717) is 12.5 Å². The number of hydrogen-bond donors (Lipinski definition) is 0. The number of thiazole rings is 1. The van der Waals surface area contributed by atoms with E-state index in [1.807, 2.05) is 36.1 Å². The van der Waals surface area contributed by atoms with E-state index in [-0.39, 0.29) is 5.91 Å². The Morgan fingerprint density at radius 2 is 2.11 bits per heavy atom. The van der Waals surface area contributed by atoms with E-state index in [4.69, 9.17) is 0 Å². The van der Waals surface area contributed by atoms with Crippen molar-refractivity contribution < 1.29 is 4.79 Å². The van der Waals surface area contributed by atoms with Crippen LogP contribution in [0.4, 0.5) is 0 Å². The molecular formula is C21H24N4OS. The second-order valence-corrected chi connectivity index (χ2v) is 7.87. The van der Waals surface area contributed by atoms with Crippen LogP contribution in [0.3, 0.4) is 0 Å². The van der Waals surface area contributed by atoms with Gasteiger partial charge in [0.1, 0.15) is 5.01 Å². The third-order valence-corrected chi connectivity index (χ3v) is 6.07. The standard InChI is InChI=1S/C21H24N4OS/c26-20(14-18-15-27-21(23-18)17-6-2-1-3-7-17)25-11-5-4-8-19(25)9-12-24-13-10-22-16-24/h1-3,6-7,10,13,15-16,19H,4-5,8-9,11-12,14H2. The van der Waals surface area contributed by atoms with Gasteiger partial charge in [0.15, 0.2) is 0 Å². The average Bonchev–Trinajstić information content (AvgIpc) is 3.39. The molecule has 2 aromatic heterocycles. The predicted octanol–water partition coefficient (Wildman–Crippen LogP) is 4.02. The Morgan fingerprint density at radius 1 is 1.22 bits per heavy atom. The maximum absolute atomic E-state index is 13.0. The van der Waals surface area contributed by atoms with Crippen LogP contribution < -0.4 is 0 Å². The second kappa shape index (κ2) is 8.48. The Morgan fingerprint density at radius 3 is 2.93 bits per heavy atom. The first-order valence-corrected chi connectivity index (χ1v) is 10.4. The molecule has 1 aliphatic rings. The molecule has 140 valence electrons. The van der Waals surface area contributed by atoms with Crippen LogP contribution in [0.2, 0.25) is 0 Å². The van der Waals surface area contributed by atoms with Crippen LogP contribution in [0.1, 0.15) is 31.4 Å². The Labute approximate surface area is 163 Å². The number of rotatable bonds is 6. The lowest BCUT2D eigenvalue weighted by Gasteiger charge is -2.36. The van der Waals surface area contributed by atoms with E-state index in [9.17, 15) is 4.79 Å². The molecule has 1 saturated heterocycles. The molecule has 0 bridgehead atoms. The molecular weight excluding hydrogens is 356 g/mol. The number of benzene rings is 1. The number of imidazole rings is 1. The smallest absolute Gasteiger partial charge is 0.228 e. The number of carbonyl (C=O) groups is 1. The fourth-order valence-electron chi connectivity index (χ4n) is 3.70. The van der Waals surface area contributed by atoms with Gasteiger partial charge in [0.05, 0.1) is 18.4 Å². The van der Waals surface area contributed by atoms with Gasteiger partial charge in [0, 0.05) is 42.5 Å². The molecule has 3 heterocycles. The van der Waals surface area contributed by atoms with Crippen LogP contribution in [-0.2, 0) is 17.8 Å². The summed E-state index contributed by atoms with van der Waals surface area (Å²) in [5.74, 6) is 0.204. The molecule has 1 aliphatic heterocycles. The van der Waals surface area contributed by atoms with Crippen molar-refractivity contribution in [3.8, 4) is 10.6 Å². The molecule has 3 aromatic rings. The summed E-state index contributed by atoms with van der Waals surface area (Å²) in [6.45, 7) is 1.77. The topological polar surface area (TPSA) is 51.0 Å². The lowest BCUT2D eigenvalue weighted by molar-refractivity contribution is -0.134.